The number of aromatic nitrogens is 2. The highest BCUT2D eigenvalue weighted by atomic mass is 16.5. The van der Waals surface area contributed by atoms with Crippen LogP contribution in [0.25, 0.3) is 11.1 Å². The number of rotatable bonds is 4. The third-order valence-electron chi connectivity index (χ3n) is 6.05. The number of hydrogen-bond donors (Lipinski definition) is 1. The largest absolute Gasteiger partial charge is 0.348 e. The van der Waals surface area contributed by atoms with Gasteiger partial charge in [0.05, 0.1) is 16.6 Å². The van der Waals surface area contributed by atoms with E-state index in [1.165, 1.54) is 38.6 Å². The number of nitrogens with one attached hydrogen (secondary N) is 1. The molecule has 0 aromatic carbocycles. The Labute approximate surface area is 160 Å². The fourth-order valence-electron chi connectivity index (χ4n) is 4.56. The Morgan fingerprint density at radius 2 is 2.04 bits per heavy atom. The predicted molar refractivity (Wildman–Crippen MR) is 105 cm³/mol. The third kappa shape index (κ3) is 4.00. The van der Waals surface area contributed by atoms with Crippen molar-refractivity contribution in [3.8, 4) is 0 Å². The molecule has 1 aliphatic heterocycles. The van der Waals surface area contributed by atoms with Crippen LogP contribution in [0.1, 0.15) is 80.8 Å². The van der Waals surface area contributed by atoms with Crippen LogP contribution < -0.4 is 5.32 Å². The third-order valence-corrected chi connectivity index (χ3v) is 6.05. The van der Waals surface area contributed by atoms with Crippen molar-refractivity contribution >= 4 is 17.0 Å². The van der Waals surface area contributed by atoms with E-state index in [2.05, 4.69) is 34.2 Å². The van der Waals surface area contributed by atoms with Crippen LogP contribution >= 0.6 is 0 Å². The molecular formula is C21H30N4O2. The van der Waals surface area contributed by atoms with Crippen LogP contribution in [0, 0.1) is 0 Å². The van der Waals surface area contributed by atoms with Crippen molar-refractivity contribution in [3.63, 3.8) is 0 Å². The first-order valence-electron chi connectivity index (χ1n) is 10.4. The second-order valence-corrected chi connectivity index (χ2v) is 8.40. The first kappa shape index (κ1) is 18.4. The van der Waals surface area contributed by atoms with Gasteiger partial charge >= 0.3 is 0 Å². The van der Waals surface area contributed by atoms with E-state index in [9.17, 15) is 4.79 Å². The van der Waals surface area contributed by atoms with Gasteiger partial charge in [-0.1, -0.05) is 38.3 Å². The molecule has 1 amide bonds. The summed E-state index contributed by atoms with van der Waals surface area (Å²) < 4.78 is 5.28. The Balaban J connectivity index is 1.43. The second-order valence-electron chi connectivity index (χ2n) is 8.40. The lowest BCUT2D eigenvalue weighted by molar-refractivity contribution is 0.0835. The van der Waals surface area contributed by atoms with Crippen molar-refractivity contribution in [2.75, 3.05) is 13.1 Å². The number of piperidine rings is 1. The van der Waals surface area contributed by atoms with Crippen LogP contribution in [0.5, 0.6) is 0 Å². The van der Waals surface area contributed by atoms with Crippen LogP contribution in [0.3, 0.4) is 0 Å². The average molecular weight is 370 g/mol. The minimum Gasteiger partial charge on any atom is -0.348 e. The molecule has 6 nitrogen and oxygen atoms in total. The zero-order valence-electron chi connectivity index (χ0n) is 16.4. The van der Waals surface area contributed by atoms with E-state index in [1.807, 2.05) is 6.07 Å². The molecule has 27 heavy (non-hydrogen) atoms. The normalized spacial score (nSPS) is 22.4. The fraction of sp³-hybridized carbons (Fsp3) is 0.667. The summed E-state index contributed by atoms with van der Waals surface area (Å²) in [5.74, 6) is 0.185. The maximum absolute atomic E-state index is 12.8. The average Bonchev–Trinajstić information content (AvgIpc) is 3.12. The molecule has 6 heteroatoms. The lowest BCUT2D eigenvalue weighted by Gasteiger charge is -2.40. The van der Waals surface area contributed by atoms with Gasteiger partial charge in [0.25, 0.3) is 11.6 Å². The predicted octanol–water partition coefficient (Wildman–Crippen LogP) is 3.87. The van der Waals surface area contributed by atoms with Gasteiger partial charge in [0.1, 0.15) is 0 Å². The Bertz CT molecular complexity index is 795. The summed E-state index contributed by atoms with van der Waals surface area (Å²) in [5.41, 5.74) is 1.94. The molecule has 146 valence electrons. The quantitative estimate of drug-likeness (QED) is 0.884. The summed E-state index contributed by atoms with van der Waals surface area (Å²) >= 11 is 0. The summed E-state index contributed by atoms with van der Waals surface area (Å²) in [6.45, 7) is 6.26. The van der Waals surface area contributed by atoms with Gasteiger partial charge in [-0.05, 0) is 44.2 Å². The lowest BCUT2D eigenvalue weighted by Crippen LogP contribution is -2.51. The van der Waals surface area contributed by atoms with Gasteiger partial charge in [0.15, 0.2) is 0 Å². The van der Waals surface area contributed by atoms with Crippen LogP contribution in [-0.2, 0) is 0 Å². The Morgan fingerprint density at radius 3 is 2.81 bits per heavy atom. The lowest BCUT2D eigenvalue weighted by atomic mass is 9.92. The summed E-state index contributed by atoms with van der Waals surface area (Å²) in [7, 11) is 0. The number of hydrogen-bond acceptors (Lipinski definition) is 5. The van der Waals surface area contributed by atoms with E-state index in [0.29, 0.717) is 17.3 Å². The highest BCUT2D eigenvalue weighted by Gasteiger charge is 2.28. The minimum atomic E-state index is -0.0456. The van der Waals surface area contributed by atoms with Crippen LogP contribution in [0.4, 0.5) is 0 Å². The molecule has 2 aliphatic rings. The summed E-state index contributed by atoms with van der Waals surface area (Å²) in [5, 5.41) is 8.17. The Hall–Kier alpha value is -1.95. The molecule has 1 saturated heterocycles. The molecule has 2 aromatic heterocycles. The number of nitrogens with zero attached hydrogens (tertiary/aromatic N) is 3. The van der Waals surface area contributed by atoms with Crippen LogP contribution in [0.15, 0.2) is 16.8 Å². The number of carbonyl (C=O) groups excluding carboxylic acids is 1. The van der Waals surface area contributed by atoms with E-state index < -0.39 is 0 Å². The molecule has 2 aromatic rings. The molecule has 4 rings (SSSR count). The first-order chi connectivity index (χ1) is 13.1. The maximum Gasteiger partial charge on any atom is 0.257 e. The summed E-state index contributed by atoms with van der Waals surface area (Å²) in [6, 6.07) is 2.79. The number of likely N-dealkylation sites (tertiary alicyclic amines) is 1. The van der Waals surface area contributed by atoms with Gasteiger partial charge in [-0.25, -0.2) is 4.98 Å². The molecule has 1 atom stereocenters. The smallest absolute Gasteiger partial charge is 0.257 e. The first-order valence-corrected chi connectivity index (χ1v) is 10.4. The molecule has 0 bridgehead atoms. The van der Waals surface area contributed by atoms with Gasteiger partial charge in [-0.15, -0.1) is 0 Å². The van der Waals surface area contributed by atoms with Gasteiger partial charge in [-0.3, -0.25) is 9.69 Å². The van der Waals surface area contributed by atoms with Crippen molar-refractivity contribution < 1.29 is 9.32 Å². The summed E-state index contributed by atoms with van der Waals surface area (Å²) in [6.07, 6.45) is 10.5. The van der Waals surface area contributed by atoms with E-state index >= 15 is 0 Å². The number of pyridine rings is 1. The zero-order valence-corrected chi connectivity index (χ0v) is 16.4. The molecule has 1 saturated carbocycles. The highest BCUT2D eigenvalue weighted by Crippen LogP contribution is 2.26. The van der Waals surface area contributed by atoms with Crippen molar-refractivity contribution in [2.45, 2.75) is 76.8 Å². The molecule has 0 spiro atoms. The Morgan fingerprint density at radius 1 is 1.22 bits per heavy atom. The summed E-state index contributed by atoms with van der Waals surface area (Å²) in [4.78, 5) is 19.7. The second kappa shape index (κ2) is 7.97. The van der Waals surface area contributed by atoms with Gasteiger partial charge in [-0.2, -0.15) is 0 Å². The molecular weight excluding hydrogens is 340 g/mol. The van der Waals surface area contributed by atoms with Crippen molar-refractivity contribution in [1.82, 2.24) is 20.4 Å². The van der Waals surface area contributed by atoms with Gasteiger partial charge < -0.3 is 9.84 Å². The maximum atomic E-state index is 12.8. The van der Waals surface area contributed by atoms with Crippen molar-refractivity contribution in [3.05, 3.63) is 23.5 Å². The molecule has 1 N–H and O–H groups in total. The molecule has 2 fully saturated rings. The van der Waals surface area contributed by atoms with Gasteiger partial charge in [0.2, 0.25) is 0 Å². The molecule has 1 aliphatic carbocycles. The highest BCUT2D eigenvalue weighted by molar-refractivity contribution is 5.97. The fourth-order valence-corrected chi connectivity index (χ4v) is 4.56. The monoisotopic (exact) mass is 370 g/mol. The molecule has 1 unspecified atom stereocenters. The Kier molecular flexibility index (Phi) is 5.43. The van der Waals surface area contributed by atoms with Gasteiger partial charge in [0, 0.05) is 24.8 Å². The number of fused-ring (bicyclic) bond motifs is 1. The number of carbonyl (C=O) groups is 1. The SMILES string of the molecule is CC(C)c1noc2ncc(C(=O)NC3CCCN(C4CCCCC4)C3)cc12. The molecule has 3 heterocycles. The van der Waals surface area contributed by atoms with E-state index in [4.69, 9.17) is 4.52 Å². The topological polar surface area (TPSA) is 71.3 Å². The van der Waals surface area contributed by atoms with Crippen LogP contribution in [-0.4, -0.2) is 46.1 Å². The van der Waals surface area contributed by atoms with Crippen molar-refractivity contribution in [1.29, 1.82) is 0 Å². The zero-order chi connectivity index (χ0) is 18.8. The van der Waals surface area contributed by atoms with Crippen LogP contribution in [0.2, 0.25) is 0 Å². The number of amides is 1. The van der Waals surface area contributed by atoms with E-state index in [-0.39, 0.29) is 17.9 Å². The molecule has 0 radical (unpaired) electrons. The van der Waals surface area contributed by atoms with E-state index in [0.717, 1.165) is 30.5 Å². The van der Waals surface area contributed by atoms with Crippen molar-refractivity contribution in [2.24, 2.45) is 0 Å². The minimum absolute atomic E-state index is 0.0456. The standard InChI is InChI=1S/C21H30N4O2/c1-14(2)19-18-11-15(12-22-21(18)27-24-19)20(26)23-16-7-6-10-25(13-16)17-8-4-3-5-9-17/h11-12,14,16-17H,3-10,13H2,1-2H3,(H,23,26). The van der Waals surface area contributed by atoms with E-state index in [1.54, 1.807) is 6.20 Å².